The molecule has 0 saturated heterocycles. The Bertz CT molecular complexity index is 567. The van der Waals surface area contributed by atoms with Gasteiger partial charge in [-0.3, -0.25) is 0 Å². The molecule has 0 radical (unpaired) electrons. The lowest BCUT2D eigenvalue weighted by molar-refractivity contribution is -0.358. The molecule has 6 heteroatoms. The summed E-state index contributed by atoms with van der Waals surface area (Å²) in [5, 5.41) is 20.4. The van der Waals surface area contributed by atoms with E-state index in [2.05, 4.69) is 24.8 Å². The molecule has 1 unspecified atom stereocenters. The molecule has 32 heavy (non-hydrogen) atoms. The van der Waals surface area contributed by atoms with Gasteiger partial charge in [0.1, 0.15) is 0 Å². The van der Waals surface area contributed by atoms with Gasteiger partial charge in [-0.15, -0.1) is 0 Å². The van der Waals surface area contributed by atoms with Gasteiger partial charge in [-0.1, -0.05) is 104 Å². The predicted molar refractivity (Wildman–Crippen MR) is 128 cm³/mol. The van der Waals surface area contributed by atoms with Crippen LogP contribution in [0.1, 0.15) is 117 Å². The van der Waals surface area contributed by atoms with Crippen molar-refractivity contribution < 1.29 is 29.3 Å². The second-order valence-electron chi connectivity index (χ2n) is 8.89. The van der Waals surface area contributed by atoms with E-state index in [0.717, 1.165) is 19.3 Å². The molecule has 0 aromatic rings. The number of ether oxygens (including phenoxy) is 2. The first-order valence-electron chi connectivity index (χ1n) is 12.3. The van der Waals surface area contributed by atoms with Crippen LogP contribution in [0.3, 0.4) is 0 Å². The van der Waals surface area contributed by atoms with Crippen LogP contribution < -0.4 is 0 Å². The number of esters is 2. The van der Waals surface area contributed by atoms with E-state index in [1.54, 1.807) is 0 Å². The van der Waals surface area contributed by atoms with Crippen LogP contribution in [0.5, 0.6) is 0 Å². The van der Waals surface area contributed by atoms with Crippen molar-refractivity contribution in [3.8, 4) is 0 Å². The van der Waals surface area contributed by atoms with E-state index >= 15 is 0 Å². The van der Waals surface area contributed by atoms with Gasteiger partial charge in [-0.2, -0.15) is 0 Å². The van der Waals surface area contributed by atoms with Crippen LogP contribution in [-0.4, -0.2) is 34.2 Å². The van der Waals surface area contributed by atoms with Crippen molar-refractivity contribution in [1.29, 1.82) is 0 Å². The van der Waals surface area contributed by atoms with Crippen LogP contribution in [-0.2, 0) is 19.1 Å². The minimum Gasteiger partial charge on any atom is -0.449 e. The summed E-state index contributed by atoms with van der Waals surface area (Å²) in [5.41, 5.74) is 0.136. The van der Waals surface area contributed by atoms with Crippen LogP contribution in [0, 0.1) is 0 Å². The lowest BCUT2D eigenvalue weighted by Gasteiger charge is -2.30. The Labute approximate surface area is 195 Å². The molecule has 1 atom stereocenters. The standard InChI is InChI=1S/C26H46O6/c1-6-7-8-9-10-11-12-13-14-15-16-17-18-19-20-23(31-24(27)21(2)3)26(29,30)32-25(28)22(4)5/h23,29-30H,2,4,6-20H2,1,3,5H3. The fourth-order valence-corrected chi connectivity index (χ4v) is 3.37. The first-order chi connectivity index (χ1) is 15.1. The second-order valence-corrected chi connectivity index (χ2v) is 8.89. The molecule has 0 aromatic heterocycles. The first-order valence-corrected chi connectivity index (χ1v) is 12.3. The molecule has 0 rings (SSSR count). The molecule has 0 aliphatic heterocycles. The highest BCUT2D eigenvalue weighted by Gasteiger charge is 2.42. The number of hydrogen-bond donors (Lipinski definition) is 2. The molecule has 0 aromatic carbocycles. The van der Waals surface area contributed by atoms with Gasteiger partial charge in [0.2, 0.25) is 0 Å². The highest BCUT2D eigenvalue weighted by atomic mass is 16.8. The molecule has 186 valence electrons. The third-order valence-corrected chi connectivity index (χ3v) is 5.43. The third-order valence-electron chi connectivity index (χ3n) is 5.43. The second kappa shape index (κ2) is 17.8. The van der Waals surface area contributed by atoms with E-state index in [1.165, 1.54) is 78.1 Å². The maximum atomic E-state index is 11.9. The Balaban J connectivity index is 4.14. The Kier molecular flexibility index (Phi) is 16.9. The average Bonchev–Trinajstić information content (AvgIpc) is 2.72. The van der Waals surface area contributed by atoms with Crippen molar-refractivity contribution in [3.63, 3.8) is 0 Å². The number of aliphatic hydroxyl groups is 2. The average molecular weight is 455 g/mol. The quantitative estimate of drug-likeness (QED) is 0.0998. The largest absolute Gasteiger partial charge is 0.449 e. The van der Waals surface area contributed by atoms with E-state index in [1.807, 2.05) is 0 Å². The van der Waals surface area contributed by atoms with Crippen LogP contribution in [0.25, 0.3) is 0 Å². The lowest BCUT2D eigenvalue weighted by Crippen LogP contribution is -2.48. The number of carbonyl (C=O) groups excluding carboxylic acids is 2. The first kappa shape index (κ1) is 30.3. The molecule has 0 aliphatic rings. The molecule has 0 amide bonds. The zero-order valence-electron chi connectivity index (χ0n) is 20.6. The van der Waals surface area contributed by atoms with Crippen LogP contribution >= 0.6 is 0 Å². The summed E-state index contributed by atoms with van der Waals surface area (Å²) in [7, 11) is 0. The highest BCUT2D eigenvalue weighted by molar-refractivity contribution is 5.88. The SMILES string of the molecule is C=C(C)C(=O)OC(CCCCCCCCCCCCCCCC)C(O)(O)OC(=O)C(=C)C. The summed E-state index contributed by atoms with van der Waals surface area (Å²) < 4.78 is 9.80. The number of rotatable bonds is 20. The van der Waals surface area contributed by atoms with Gasteiger partial charge in [0.05, 0.1) is 0 Å². The van der Waals surface area contributed by atoms with E-state index in [4.69, 9.17) is 4.74 Å². The van der Waals surface area contributed by atoms with E-state index in [9.17, 15) is 19.8 Å². The number of hydrogen-bond acceptors (Lipinski definition) is 6. The number of carbonyl (C=O) groups is 2. The van der Waals surface area contributed by atoms with Gasteiger partial charge in [-0.25, -0.2) is 9.59 Å². The molecule has 0 aliphatic carbocycles. The summed E-state index contributed by atoms with van der Waals surface area (Å²) in [6.45, 7) is 12.0. The van der Waals surface area contributed by atoms with Crippen molar-refractivity contribution in [2.75, 3.05) is 0 Å². The molecule has 6 nitrogen and oxygen atoms in total. The fraction of sp³-hybridized carbons (Fsp3) is 0.769. The molecule has 0 saturated carbocycles. The molecule has 0 fully saturated rings. The Morgan fingerprint density at radius 3 is 1.47 bits per heavy atom. The Morgan fingerprint density at radius 1 is 0.719 bits per heavy atom. The molecule has 0 bridgehead atoms. The normalized spacial score (nSPS) is 12.3. The summed E-state index contributed by atoms with van der Waals surface area (Å²) in [4.78, 5) is 23.5. The molecular formula is C26H46O6. The van der Waals surface area contributed by atoms with Gasteiger partial charge in [0.25, 0.3) is 0 Å². The summed E-state index contributed by atoms with van der Waals surface area (Å²) in [6.07, 6.45) is 15.5. The van der Waals surface area contributed by atoms with Gasteiger partial charge >= 0.3 is 17.9 Å². The predicted octanol–water partition coefficient (Wildman–Crippen LogP) is 6.10. The van der Waals surface area contributed by atoms with Crippen molar-refractivity contribution in [3.05, 3.63) is 24.3 Å². The Morgan fingerprint density at radius 2 is 1.09 bits per heavy atom. The third kappa shape index (κ3) is 15.2. The maximum Gasteiger partial charge on any atom is 0.363 e. The monoisotopic (exact) mass is 454 g/mol. The maximum absolute atomic E-state index is 11.9. The van der Waals surface area contributed by atoms with Crippen LogP contribution in [0.15, 0.2) is 24.3 Å². The van der Waals surface area contributed by atoms with Crippen LogP contribution in [0.4, 0.5) is 0 Å². The van der Waals surface area contributed by atoms with Gasteiger partial charge in [0, 0.05) is 11.1 Å². The van der Waals surface area contributed by atoms with Gasteiger partial charge < -0.3 is 19.7 Å². The fourth-order valence-electron chi connectivity index (χ4n) is 3.37. The Hall–Kier alpha value is -1.66. The summed E-state index contributed by atoms with van der Waals surface area (Å²) >= 11 is 0. The molecule has 0 heterocycles. The van der Waals surface area contributed by atoms with Crippen molar-refractivity contribution in [1.82, 2.24) is 0 Å². The lowest BCUT2D eigenvalue weighted by atomic mass is 10.0. The van der Waals surface area contributed by atoms with Crippen molar-refractivity contribution in [2.24, 2.45) is 0 Å². The van der Waals surface area contributed by atoms with E-state index in [0.29, 0.717) is 6.42 Å². The van der Waals surface area contributed by atoms with Gasteiger partial charge in [0.15, 0.2) is 6.10 Å². The molecule has 0 spiro atoms. The van der Waals surface area contributed by atoms with E-state index < -0.39 is 24.0 Å². The summed E-state index contributed by atoms with van der Waals surface area (Å²) in [5.74, 6) is -4.65. The molecule has 2 N–H and O–H groups in total. The molecular weight excluding hydrogens is 408 g/mol. The minimum absolute atomic E-state index is 0.0129. The zero-order valence-corrected chi connectivity index (χ0v) is 20.6. The smallest absolute Gasteiger partial charge is 0.363 e. The minimum atomic E-state index is -2.92. The van der Waals surface area contributed by atoms with Crippen molar-refractivity contribution in [2.45, 2.75) is 129 Å². The number of unbranched alkanes of at least 4 members (excludes halogenated alkanes) is 13. The van der Waals surface area contributed by atoms with E-state index in [-0.39, 0.29) is 17.6 Å². The van der Waals surface area contributed by atoms with Crippen LogP contribution in [0.2, 0.25) is 0 Å². The summed E-state index contributed by atoms with van der Waals surface area (Å²) in [6, 6.07) is 0. The van der Waals surface area contributed by atoms with Gasteiger partial charge in [-0.05, 0) is 26.7 Å². The van der Waals surface area contributed by atoms with Crippen molar-refractivity contribution >= 4 is 11.9 Å². The topological polar surface area (TPSA) is 93.1 Å². The highest BCUT2D eigenvalue weighted by Crippen LogP contribution is 2.22. The zero-order chi connectivity index (χ0) is 24.4.